The molecule has 0 spiro atoms. The second-order valence-electron chi connectivity index (χ2n) is 5.97. The van der Waals surface area contributed by atoms with Crippen LogP contribution < -0.4 is 5.32 Å². The third-order valence-corrected chi connectivity index (χ3v) is 3.32. The third-order valence-electron chi connectivity index (χ3n) is 3.32. The Morgan fingerprint density at radius 1 is 1.44 bits per heavy atom. The van der Waals surface area contributed by atoms with Crippen molar-refractivity contribution < 1.29 is 9.15 Å². The van der Waals surface area contributed by atoms with Crippen LogP contribution in [-0.4, -0.2) is 23.2 Å². The van der Waals surface area contributed by atoms with Gasteiger partial charge >= 0.3 is 0 Å². The largest absolute Gasteiger partial charge is 0.444 e. The van der Waals surface area contributed by atoms with Gasteiger partial charge in [0.1, 0.15) is 5.76 Å². The van der Waals surface area contributed by atoms with E-state index in [1.165, 1.54) is 0 Å². The van der Waals surface area contributed by atoms with E-state index in [0.717, 1.165) is 31.1 Å². The Balaban J connectivity index is 1.97. The van der Waals surface area contributed by atoms with Crippen molar-refractivity contribution in [3.8, 4) is 0 Å². The lowest BCUT2D eigenvalue weighted by Gasteiger charge is -2.19. The zero-order valence-electron chi connectivity index (χ0n) is 11.8. The topological polar surface area (TPSA) is 47.3 Å². The standard InChI is InChI=1S/C14H24N2O2/c1-5-11-10(6-7-17-11)12-8-15-13(18-12)9-16-14(2,3)4/h8,10-11,16H,5-7,9H2,1-4H3. The van der Waals surface area contributed by atoms with Crippen LogP contribution in [0.5, 0.6) is 0 Å². The maximum atomic E-state index is 5.84. The van der Waals surface area contributed by atoms with Crippen LogP contribution in [-0.2, 0) is 11.3 Å². The summed E-state index contributed by atoms with van der Waals surface area (Å²) in [5, 5.41) is 3.38. The van der Waals surface area contributed by atoms with Gasteiger partial charge in [0, 0.05) is 18.1 Å². The van der Waals surface area contributed by atoms with Crippen LogP contribution in [0.4, 0.5) is 0 Å². The maximum Gasteiger partial charge on any atom is 0.208 e. The van der Waals surface area contributed by atoms with Crippen LogP contribution in [0.1, 0.15) is 58.1 Å². The molecule has 1 aromatic rings. The van der Waals surface area contributed by atoms with Crippen LogP contribution >= 0.6 is 0 Å². The summed E-state index contributed by atoms with van der Waals surface area (Å²) in [4.78, 5) is 4.35. The van der Waals surface area contributed by atoms with Crippen molar-refractivity contribution in [3.05, 3.63) is 17.8 Å². The van der Waals surface area contributed by atoms with Crippen molar-refractivity contribution in [1.29, 1.82) is 0 Å². The van der Waals surface area contributed by atoms with Crippen LogP contribution in [0, 0.1) is 0 Å². The van der Waals surface area contributed by atoms with E-state index in [4.69, 9.17) is 9.15 Å². The number of hydrogen-bond acceptors (Lipinski definition) is 4. The molecule has 1 fully saturated rings. The summed E-state index contributed by atoms with van der Waals surface area (Å²) < 4.78 is 11.5. The quantitative estimate of drug-likeness (QED) is 0.895. The highest BCUT2D eigenvalue weighted by Gasteiger charge is 2.31. The summed E-state index contributed by atoms with van der Waals surface area (Å²) in [5.74, 6) is 2.12. The minimum atomic E-state index is 0.0804. The van der Waals surface area contributed by atoms with Crippen molar-refractivity contribution in [2.75, 3.05) is 6.61 Å². The van der Waals surface area contributed by atoms with Gasteiger partial charge in [-0.2, -0.15) is 0 Å². The van der Waals surface area contributed by atoms with E-state index in [9.17, 15) is 0 Å². The lowest BCUT2D eigenvalue weighted by Crippen LogP contribution is -2.35. The fourth-order valence-electron chi connectivity index (χ4n) is 2.29. The molecule has 0 aliphatic carbocycles. The van der Waals surface area contributed by atoms with Crippen molar-refractivity contribution in [2.24, 2.45) is 0 Å². The van der Waals surface area contributed by atoms with E-state index in [-0.39, 0.29) is 5.54 Å². The monoisotopic (exact) mass is 252 g/mol. The number of aromatic nitrogens is 1. The molecule has 0 aromatic carbocycles. The molecule has 2 rings (SSSR count). The zero-order valence-corrected chi connectivity index (χ0v) is 11.8. The lowest BCUT2D eigenvalue weighted by atomic mass is 9.97. The normalized spacial score (nSPS) is 24.7. The first-order valence-electron chi connectivity index (χ1n) is 6.81. The molecule has 1 N–H and O–H groups in total. The van der Waals surface area contributed by atoms with Crippen LogP contribution in [0.2, 0.25) is 0 Å². The Hall–Kier alpha value is -0.870. The van der Waals surface area contributed by atoms with Crippen molar-refractivity contribution in [3.63, 3.8) is 0 Å². The second kappa shape index (κ2) is 5.41. The highest BCUT2D eigenvalue weighted by Crippen LogP contribution is 2.33. The first kappa shape index (κ1) is 13.6. The molecule has 0 radical (unpaired) electrons. The summed E-state index contributed by atoms with van der Waals surface area (Å²) in [6.45, 7) is 10.1. The van der Waals surface area contributed by atoms with Gasteiger partial charge in [-0.05, 0) is 33.6 Å². The molecule has 0 bridgehead atoms. The van der Waals surface area contributed by atoms with E-state index in [2.05, 4.69) is 38.0 Å². The Bertz CT molecular complexity index is 381. The van der Waals surface area contributed by atoms with E-state index >= 15 is 0 Å². The van der Waals surface area contributed by atoms with Crippen molar-refractivity contribution >= 4 is 0 Å². The van der Waals surface area contributed by atoms with E-state index < -0.39 is 0 Å². The number of oxazole rings is 1. The predicted octanol–water partition coefficient (Wildman–Crippen LogP) is 2.85. The molecule has 2 heterocycles. The first-order valence-corrected chi connectivity index (χ1v) is 6.81. The van der Waals surface area contributed by atoms with E-state index in [1.807, 2.05) is 6.20 Å². The van der Waals surface area contributed by atoms with Crippen molar-refractivity contribution in [2.45, 2.75) is 64.6 Å². The van der Waals surface area contributed by atoms with Gasteiger partial charge in [-0.1, -0.05) is 6.92 Å². The van der Waals surface area contributed by atoms with Crippen LogP contribution in [0.25, 0.3) is 0 Å². The van der Waals surface area contributed by atoms with Gasteiger partial charge in [0.15, 0.2) is 0 Å². The van der Waals surface area contributed by atoms with Crippen LogP contribution in [0.15, 0.2) is 10.6 Å². The SMILES string of the molecule is CCC1OCCC1c1cnc(CNC(C)(C)C)o1. The Labute approximate surface area is 109 Å². The molecule has 1 aliphatic rings. The first-order chi connectivity index (χ1) is 8.49. The fraction of sp³-hybridized carbons (Fsp3) is 0.786. The predicted molar refractivity (Wildman–Crippen MR) is 70.5 cm³/mol. The van der Waals surface area contributed by atoms with Gasteiger partial charge in [-0.25, -0.2) is 4.98 Å². The van der Waals surface area contributed by atoms with Gasteiger partial charge in [-0.15, -0.1) is 0 Å². The summed E-state index contributed by atoms with van der Waals surface area (Å²) in [6, 6.07) is 0. The van der Waals surface area contributed by atoms with E-state index in [0.29, 0.717) is 18.6 Å². The molecule has 1 aromatic heterocycles. The second-order valence-corrected chi connectivity index (χ2v) is 5.97. The lowest BCUT2D eigenvalue weighted by molar-refractivity contribution is 0.0971. The summed E-state index contributed by atoms with van der Waals surface area (Å²) in [6.07, 6.45) is 4.23. The molecule has 18 heavy (non-hydrogen) atoms. The van der Waals surface area contributed by atoms with E-state index in [1.54, 1.807) is 0 Å². The number of ether oxygens (including phenoxy) is 1. The highest BCUT2D eigenvalue weighted by atomic mass is 16.5. The molecule has 4 heteroatoms. The average Bonchev–Trinajstić information content (AvgIpc) is 2.93. The molecule has 2 unspecified atom stereocenters. The van der Waals surface area contributed by atoms with Gasteiger partial charge in [0.2, 0.25) is 5.89 Å². The molecule has 2 atom stereocenters. The number of rotatable bonds is 4. The van der Waals surface area contributed by atoms with Gasteiger partial charge < -0.3 is 14.5 Å². The number of nitrogens with one attached hydrogen (secondary N) is 1. The van der Waals surface area contributed by atoms with Crippen molar-refractivity contribution in [1.82, 2.24) is 10.3 Å². The fourth-order valence-corrected chi connectivity index (χ4v) is 2.29. The number of nitrogens with zero attached hydrogens (tertiary/aromatic N) is 1. The minimum absolute atomic E-state index is 0.0804. The molecule has 1 saturated heterocycles. The smallest absolute Gasteiger partial charge is 0.208 e. The Kier molecular flexibility index (Phi) is 4.07. The Morgan fingerprint density at radius 3 is 2.89 bits per heavy atom. The highest BCUT2D eigenvalue weighted by molar-refractivity contribution is 5.06. The molecule has 4 nitrogen and oxygen atoms in total. The number of hydrogen-bond donors (Lipinski definition) is 1. The minimum Gasteiger partial charge on any atom is -0.444 e. The van der Waals surface area contributed by atoms with Gasteiger partial charge in [0.05, 0.1) is 18.8 Å². The maximum absolute atomic E-state index is 5.84. The molecule has 0 amide bonds. The van der Waals surface area contributed by atoms with Gasteiger partial charge in [-0.3, -0.25) is 0 Å². The molecule has 1 aliphatic heterocycles. The molecule has 102 valence electrons. The zero-order chi connectivity index (χ0) is 13.2. The third kappa shape index (κ3) is 3.33. The van der Waals surface area contributed by atoms with Gasteiger partial charge in [0.25, 0.3) is 0 Å². The van der Waals surface area contributed by atoms with Crippen LogP contribution in [0.3, 0.4) is 0 Å². The Morgan fingerprint density at radius 2 is 2.22 bits per heavy atom. The average molecular weight is 252 g/mol. The summed E-state index contributed by atoms with van der Waals surface area (Å²) in [7, 11) is 0. The molecular formula is C14H24N2O2. The molecule has 0 saturated carbocycles. The molecular weight excluding hydrogens is 228 g/mol. The summed E-state index contributed by atoms with van der Waals surface area (Å²) in [5.41, 5.74) is 0.0804. The summed E-state index contributed by atoms with van der Waals surface area (Å²) >= 11 is 0.